The van der Waals surface area contributed by atoms with Gasteiger partial charge in [-0.1, -0.05) is 68.3 Å². The van der Waals surface area contributed by atoms with Gasteiger partial charge in [-0.25, -0.2) is 0 Å². The minimum absolute atomic E-state index is 0.0969. The van der Waals surface area contributed by atoms with E-state index in [9.17, 15) is 0 Å². The van der Waals surface area contributed by atoms with Gasteiger partial charge in [-0.05, 0) is 43.9 Å². The van der Waals surface area contributed by atoms with Crippen molar-refractivity contribution in [3.05, 3.63) is 41.6 Å². The molecule has 1 aliphatic heterocycles. The van der Waals surface area contributed by atoms with Crippen LogP contribution in [-0.4, -0.2) is 16.5 Å². The van der Waals surface area contributed by atoms with Crippen LogP contribution in [0.4, 0.5) is 0 Å². The zero-order valence-corrected chi connectivity index (χ0v) is 17.4. The van der Waals surface area contributed by atoms with Crippen LogP contribution in [0, 0.1) is 17.8 Å². The van der Waals surface area contributed by atoms with Crippen LogP contribution in [-0.2, 0) is 16.7 Å². The average molecular weight is 379 g/mol. The molecule has 5 rings (SSSR count). The summed E-state index contributed by atoms with van der Waals surface area (Å²) in [5.74, 6) is 2.18. The average Bonchev–Trinajstić information content (AvgIpc) is 3.37. The smallest absolute Gasteiger partial charge is 0.170 e. The van der Waals surface area contributed by atoms with Crippen LogP contribution in [0.2, 0.25) is 0 Å². The first-order valence-electron chi connectivity index (χ1n) is 10.8. The van der Waals surface area contributed by atoms with Crippen molar-refractivity contribution in [3.8, 4) is 11.3 Å². The van der Waals surface area contributed by atoms with E-state index in [4.69, 9.17) is 14.5 Å². The molecule has 1 aromatic carbocycles. The van der Waals surface area contributed by atoms with E-state index >= 15 is 0 Å². The van der Waals surface area contributed by atoms with Gasteiger partial charge in [0.2, 0.25) is 0 Å². The summed E-state index contributed by atoms with van der Waals surface area (Å²) >= 11 is 0. The van der Waals surface area contributed by atoms with Crippen LogP contribution in [0.3, 0.4) is 0 Å². The molecule has 28 heavy (non-hydrogen) atoms. The maximum Gasteiger partial charge on any atom is 0.170 e. The summed E-state index contributed by atoms with van der Waals surface area (Å²) in [6, 6.07) is 10.4. The Balaban J connectivity index is 1.59. The Morgan fingerprint density at radius 3 is 2.50 bits per heavy atom. The van der Waals surface area contributed by atoms with Gasteiger partial charge < -0.3 is 9.36 Å². The first-order chi connectivity index (χ1) is 13.5. The first kappa shape index (κ1) is 18.0. The predicted molar refractivity (Wildman–Crippen MR) is 110 cm³/mol. The maximum atomic E-state index is 6.29. The van der Waals surface area contributed by atoms with Crippen LogP contribution in [0.1, 0.15) is 64.6 Å². The monoisotopic (exact) mass is 378 g/mol. The van der Waals surface area contributed by atoms with Gasteiger partial charge in [-0.15, -0.1) is 0 Å². The topological polar surface area (TPSA) is 47.6 Å². The zero-order valence-electron chi connectivity index (χ0n) is 17.4. The molecule has 2 heterocycles. The fourth-order valence-electron chi connectivity index (χ4n) is 6.37. The Bertz CT molecular complexity index is 904. The molecule has 2 aromatic rings. The van der Waals surface area contributed by atoms with Crippen LogP contribution in [0.15, 0.2) is 40.0 Å². The van der Waals surface area contributed by atoms with Gasteiger partial charge in [0.15, 0.2) is 5.76 Å². The van der Waals surface area contributed by atoms with E-state index in [1.807, 2.05) is 6.07 Å². The summed E-state index contributed by atoms with van der Waals surface area (Å²) in [5, 5.41) is 9.44. The van der Waals surface area contributed by atoms with Crippen LogP contribution in [0.5, 0.6) is 0 Å². The SMILES string of the molecule is CC(C)C1(C(C)C)ON=C2[C@@H]1CC[C@]21CCCc2c1noc2-c1ccccc1. The Morgan fingerprint density at radius 2 is 1.79 bits per heavy atom. The second-order valence-electron chi connectivity index (χ2n) is 9.46. The largest absolute Gasteiger partial charge is 0.388 e. The highest BCUT2D eigenvalue weighted by atomic mass is 16.7. The molecule has 0 bridgehead atoms. The molecule has 1 spiro atoms. The Labute approximate surface area is 167 Å². The Kier molecular flexibility index (Phi) is 3.98. The molecule has 148 valence electrons. The molecule has 0 amide bonds. The number of nitrogens with zero attached hydrogens (tertiary/aromatic N) is 2. The maximum absolute atomic E-state index is 6.29. The first-order valence-corrected chi connectivity index (χ1v) is 10.8. The standard InChI is InChI=1S/C24H30N2O2/c1-15(2)24(16(3)4)19-12-14-23(22(19)26-28-24)13-8-11-18-20(27-25-21(18)23)17-9-6-5-7-10-17/h5-7,9-10,15-16,19H,8,11-14H2,1-4H3/t19-,23-/m0/s1. The number of aromatic nitrogens is 1. The van der Waals surface area contributed by atoms with Gasteiger partial charge >= 0.3 is 0 Å². The Morgan fingerprint density at radius 1 is 1.04 bits per heavy atom. The number of rotatable bonds is 3. The quantitative estimate of drug-likeness (QED) is 0.682. The molecule has 3 aliphatic rings. The molecule has 0 saturated heterocycles. The molecule has 0 N–H and O–H groups in total. The predicted octanol–water partition coefficient (Wildman–Crippen LogP) is 5.76. The zero-order chi connectivity index (χ0) is 19.5. The van der Waals surface area contributed by atoms with Crippen molar-refractivity contribution < 1.29 is 9.36 Å². The molecular weight excluding hydrogens is 348 g/mol. The lowest BCUT2D eigenvalue weighted by Crippen LogP contribution is -2.48. The molecule has 4 nitrogen and oxygen atoms in total. The second kappa shape index (κ2) is 6.20. The molecule has 1 aromatic heterocycles. The number of hydrogen-bond donors (Lipinski definition) is 0. The third-order valence-corrected chi connectivity index (χ3v) is 7.64. The summed E-state index contributed by atoms with van der Waals surface area (Å²) in [4.78, 5) is 6.29. The third-order valence-electron chi connectivity index (χ3n) is 7.64. The minimum Gasteiger partial charge on any atom is -0.388 e. The van der Waals surface area contributed by atoms with E-state index in [0.717, 1.165) is 49.1 Å². The van der Waals surface area contributed by atoms with E-state index in [1.165, 1.54) is 11.3 Å². The van der Waals surface area contributed by atoms with Gasteiger partial charge in [-0.3, -0.25) is 0 Å². The van der Waals surface area contributed by atoms with Gasteiger partial charge in [-0.2, -0.15) is 0 Å². The van der Waals surface area contributed by atoms with Crippen molar-refractivity contribution in [1.82, 2.24) is 5.16 Å². The van der Waals surface area contributed by atoms with Gasteiger partial charge in [0.05, 0.1) is 16.8 Å². The summed E-state index contributed by atoms with van der Waals surface area (Å²) in [7, 11) is 0. The minimum atomic E-state index is -0.192. The molecule has 0 radical (unpaired) electrons. The Hall–Kier alpha value is -2.10. The van der Waals surface area contributed by atoms with E-state index in [-0.39, 0.29) is 11.0 Å². The number of fused-ring (bicyclic) bond motifs is 4. The third kappa shape index (κ3) is 2.18. The van der Waals surface area contributed by atoms with Gasteiger partial charge in [0.25, 0.3) is 0 Å². The molecule has 0 unspecified atom stereocenters. The fourth-order valence-corrected chi connectivity index (χ4v) is 6.37. The van der Waals surface area contributed by atoms with Crippen LogP contribution < -0.4 is 0 Å². The number of oxime groups is 1. The van der Waals surface area contributed by atoms with Crippen molar-refractivity contribution in [2.45, 2.75) is 70.8 Å². The highest BCUT2D eigenvalue weighted by Crippen LogP contribution is 2.58. The number of benzene rings is 1. The lowest BCUT2D eigenvalue weighted by molar-refractivity contribution is -0.113. The van der Waals surface area contributed by atoms with Crippen molar-refractivity contribution in [1.29, 1.82) is 0 Å². The summed E-state index contributed by atoms with van der Waals surface area (Å²) in [5.41, 5.74) is 4.48. The van der Waals surface area contributed by atoms with Crippen molar-refractivity contribution in [3.63, 3.8) is 0 Å². The van der Waals surface area contributed by atoms with Crippen LogP contribution in [0.25, 0.3) is 11.3 Å². The molecule has 2 atom stereocenters. The summed E-state index contributed by atoms with van der Waals surface area (Å²) in [6.07, 6.45) is 5.52. The molecule has 2 aliphatic carbocycles. The van der Waals surface area contributed by atoms with E-state index in [2.05, 4.69) is 57.1 Å². The van der Waals surface area contributed by atoms with E-state index < -0.39 is 0 Å². The number of hydrogen-bond acceptors (Lipinski definition) is 4. The van der Waals surface area contributed by atoms with Crippen LogP contribution >= 0.6 is 0 Å². The normalized spacial score (nSPS) is 27.8. The summed E-state index contributed by atoms with van der Waals surface area (Å²) in [6.45, 7) is 9.11. The van der Waals surface area contributed by atoms with Crippen molar-refractivity contribution in [2.24, 2.45) is 22.9 Å². The van der Waals surface area contributed by atoms with Crippen molar-refractivity contribution >= 4 is 5.71 Å². The van der Waals surface area contributed by atoms with Crippen molar-refractivity contribution in [2.75, 3.05) is 0 Å². The lowest BCUT2D eigenvalue weighted by atomic mass is 9.66. The second-order valence-corrected chi connectivity index (χ2v) is 9.46. The fraction of sp³-hybridized carbons (Fsp3) is 0.583. The van der Waals surface area contributed by atoms with E-state index in [1.54, 1.807) is 0 Å². The molecule has 1 fully saturated rings. The van der Waals surface area contributed by atoms with Gasteiger partial charge in [0.1, 0.15) is 5.60 Å². The highest BCUT2D eigenvalue weighted by molar-refractivity contribution is 6.00. The van der Waals surface area contributed by atoms with Gasteiger partial charge in [0, 0.05) is 17.0 Å². The summed E-state index contributed by atoms with van der Waals surface area (Å²) < 4.78 is 5.94. The molecule has 4 heteroatoms. The highest BCUT2D eigenvalue weighted by Gasteiger charge is 2.63. The molecule has 1 saturated carbocycles. The molecular formula is C24H30N2O2. The lowest BCUT2D eigenvalue weighted by Gasteiger charge is -2.39. The van der Waals surface area contributed by atoms with E-state index in [0.29, 0.717) is 17.8 Å².